The quantitative estimate of drug-likeness (QED) is 0.224. The van der Waals surface area contributed by atoms with E-state index in [1.54, 1.807) is 32.0 Å². The number of carbonyl (C=O) groups excluding carboxylic acids is 1. The molecule has 3 N–H and O–H groups in total. The maximum atomic E-state index is 15.7. The third kappa shape index (κ3) is 6.48. The highest BCUT2D eigenvalue weighted by Gasteiger charge is 2.56. The van der Waals surface area contributed by atoms with Gasteiger partial charge >= 0.3 is 19.4 Å². The van der Waals surface area contributed by atoms with Crippen LogP contribution in [0.3, 0.4) is 0 Å². The molecule has 1 fully saturated rings. The third-order valence-electron chi connectivity index (χ3n) is 7.44. The number of halogens is 1. The molecule has 0 amide bonds. The summed E-state index contributed by atoms with van der Waals surface area (Å²) in [5, 5.41) is 14.1. The lowest BCUT2D eigenvalue weighted by atomic mass is 9.96. The molecule has 0 saturated carbocycles. The van der Waals surface area contributed by atoms with Crippen LogP contribution in [0.15, 0.2) is 44.5 Å². The fraction of sp³-hybridized carbons (Fsp3) is 0.536. The fourth-order valence-electron chi connectivity index (χ4n) is 5.29. The standard InChI is InChI=1S/C28H35FN3O10P/c1-15(2)39-25(35)16(3)31-43(37,42-17-9-10-21-19(13-17)18-7-5-6-8-20(18)40-21)38-14-22-24(34)28(4,29)26(41-22)32-12-11-23(33)30-27(32)36/h9-13,15-16,22,24,26,34H,5-8,14H2,1-4H3,(H,31,37)(H,30,33,36)/t16-,22+,24+,26+,28+,43?/m0/s1. The molecule has 6 atom stereocenters. The van der Waals surface area contributed by atoms with Crippen molar-refractivity contribution in [3.63, 3.8) is 0 Å². The van der Waals surface area contributed by atoms with Crippen LogP contribution in [-0.2, 0) is 36.2 Å². The number of carbonyl (C=O) groups is 1. The van der Waals surface area contributed by atoms with Gasteiger partial charge in [-0.1, -0.05) is 0 Å². The summed E-state index contributed by atoms with van der Waals surface area (Å²) in [4.78, 5) is 38.3. The van der Waals surface area contributed by atoms with E-state index in [-0.39, 0.29) is 5.75 Å². The van der Waals surface area contributed by atoms with E-state index in [4.69, 9.17) is 22.9 Å². The van der Waals surface area contributed by atoms with Crippen LogP contribution in [0, 0.1) is 0 Å². The van der Waals surface area contributed by atoms with Gasteiger partial charge < -0.3 is 23.5 Å². The van der Waals surface area contributed by atoms with Crippen LogP contribution in [0.4, 0.5) is 4.39 Å². The Morgan fingerprint density at radius 1 is 1.26 bits per heavy atom. The highest BCUT2D eigenvalue weighted by Crippen LogP contribution is 2.48. The van der Waals surface area contributed by atoms with Crippen LogP contribution >= 0.6 is 7.75 Å². The lowest BCUT2D eigenvalue weighted by molar-refractivity contribution is -0.149. The fourth-order valence-corrected chi connectivity index (χ4v) is 6.78. The Balaban J connectivity index is 1.39. The molecule has 1 unspecified atom stereocenters. The molecule has 0 bridgehead atoms. The summed E-state index contributed by atoms with van der Waals surface area (Å²) in [6.45, 7) is 5.11. The van der Waals surface area contributed by atoms with E-state index >= 15 is 4.39 Å². The van der Waals surface area contributed by atoms with Gasteiger partial charge in [0.1, 0.15) is 35.3 Å². The van der Waals surface area contributed by atoms with Crippen molar-refractivity contribution in [3.8, 4) is 5.75 Å². The number of H-pyrrole nitrogens is 1. The molecule has 3 aromatic rings. The Bertz CT molecular complexity index is 1660. The summed E-state index contributed by atoms with van der Waals surface area (Å²) in [6, 6.07) is 4.77. The Labute approximate surface area is 245 Å². The number of aliphatic hydroxyl groups is 1. The largest absolute Gasteiger partial charge is 0.462 e. The summed E-state index contributed by atoms with van der Waals surface area (Å²) in [6.07, 6.45) is -0.597. The molecule has 1 saturated heterocycles. The van der Waals surface area contributed by atoms with Crippen LogP contribution < -0.4 is 20.9 Å². The number of hydrogen-bond donors (Lipinski definition) is 3. The number of nitrogens with zero attached hydrogens (tertiary/aromatic N) is 1. The van der Waals surface area contributed by atoms with Gasteiger partial charge in [-0.3, -0.25) is 23.7 Å². The second-order valence-electron chi connectivity index (χ2n) is 11.2. The van der Waals surface area contributed by atoms with E-state index in [1.165, 1.54) is 6.92 Å². The molecule has 0 spiro atoms. The van der Waals surface area contributed by atoms with E-state index in [2.05, 4.69) is 5.09 Å². The van der Waals surface area contributed by atoms with Crippen molar-refractivity contribution in [1.82, 2.24) is 14.6 Å². The first-order chi connectivity index (χ1) is 20.3. The zero-order valence-corrected chi connectivity index (χ0v) is 25.1. The first-order valence-corrected chi connectivity index (χ1v) is 15.6. The van der Waals surface area contributed by atoms with Gasteiger partial charge in [-0.05, 0) is 65.2 Å². The van der Waals surface area contributed by atoms with Crippen molar-refractivity contribution in [2.24, 2.45) is 0 Å². The monoisotopic (exact) mass is 623 g/mol. The van der Waals surface area contributed by atoms with Gasteiger partial charge in [0.2, 0.25) is 0 Å². The van der Waals surface area contributed by atoms with Crippen LogP contribution in [0.25, 0.3) is 11.0 Å². The predicted molar refractivity (Wildman–Crippen MR) is 152 cm³/mol. The molecular formula is C28H35FN3O10P. The Morgan fingerprint density at radius 3 is 2.72 bits per heavy atom. The summed E-state index contributed by atoms with van der Waals surface area (Å²) in [5.74, 6) is 0.342. The highest BCUT2D eigenvalue weighted by molar-refractivity contribution is 7.52. The lowest BCUT2D eigenvalue weighted by Gasteiger charge is -2.25. The number of nitrogens with one attached hydrogen (secondary N) is 2. The molecule has 1 aromatic carbocycles. The van der Waals surface area contributed by atoms with Gasteiger partial charge in [-0.2, -0.15) is 5.09 Å². The first-order valence-electron chi connectivity index (χ1n) is 14.1. The number of esters is 1. The number of hydrogen-bond acceptors (Lipinski definition) is 10. The van der Waals surface area contributed by atoms with E-state index in [0.29, 0.717) is 5.58 Å². The zero-order chi connectivity index (χ0) is 31.1. The van der Waals surface area contributed by atoms with Crippen molar-refractivity contribution in [1.29, 1.82) is 0 Å². The molecule has 1 aliphatic heterocycles. The number of fused-ring (bicyclic) bond motifs is 3. The number of aryl methyl sites for hydroxylation is 2. The summed E-state index contributed by atoms with van der Waals surface area (Å²) < 4.78 is 58.9. The minimum Gasteiger partial charge on any atom is -0.462 e. The van der Waals surface area contributed by atoms with Crippen molar-refractivity contribution in [2.45, 2.75) is 89.6 Å². The van der Waals surface area contributed by atoms with E-state index in [1.807, 2.05) is 4.98 Å². The minimum absolute atomic E-state index is 0.155. The second-order valence-corrected chi connectivity index (χ2v) is 12.9. The molecule has 2 aromatic heterocycles. The zero-order valence-electron chi connectivity index (χ0n) is 24.2. The van der Waals surface area contributed by atoms with Crippen molar-refractivity contribution < 1.29 is 41.8 Å². The minimum atomic E-state index is -4.42. The average molecular weight is 624 g/mol. The molecule has 3 heterocycles. The predicted octanol–water partition coefficient (Wildman–Crippen LogP) is 3.28. The lowest BCUT2D eigenvalue weighted by Crippen LogP contribution is -2.43. The van der Waals surface area contributed by atoms with Gasteiger partial charge in [0.05, 0.1) is 12.7 Å². The third-order valence-corrected chi connectivity index (χ3v) is 9.08. The van der Waals surface area contributed by atoms with E-state index in [9.17, 15) is 24.1 Å². The molecule has 13 nitrogen and oxygen atoms in total. The molecule has 234 valence electrons. The highest BCUT2D eigenvalue weighted by atomic mass is 31.2. The van der Waals surface area contributed by atoms with Crippen molar-refractivity contribution in [3.05, 3.63) is 62.6 Å². The van der Waals surface area contributed by atoms with Gasteiger partial charge in [0, 0.05) is 29.6 Å². The Morgan fingerprint density at radius 2 is 2.00 bits per heavy atom. The number of rotatable bonds is 10. The number of aromatic nitrogens is 2. The summed E-state index contributed by atoms with van der Waals surface area (Å²) >= 11 is 0. The maximum absolute atomic E-state index is 15.7. The van der Waals surface area contributed by atoms with Crippen LogP contribution in [-0.4, -0.2) is 57.3 Å². The van der Waals surface area contributed by atoms with Gasteiger partial charge in [-0.25, -0.2) is 13.8 Å². The molecule has 43 heavy (non-hydrogen) atoms. The molecule has 2 aliphatic rings. The normalized spacial score (nSPS) is 25.8. The smallest absolute Gasteiger partial charge is 0.459 e. The summed E-state index contributed by atoms with van der Waals surface area (Å²) in [7, 11) is -4.42. The SMILES string of the molecule is CC(C)OC(=O)[C@H](C)NP(=O)(OC[C@H]1O[C@@H](n2ccc(=O)[nH]c2=O)[C@](C)(F)[C@@H]1O)Oc1ccc2oc3c(c2c1)CCCC3. The van der Waals surface area contributed by atoms with E-state index in [0.717, 1.165) is 66.1 Å². The molecule has 1 aliphatic carbocycles. The number of ether oxygens (including phenoxy) is 2. The number of aromatic amines is 1. The number of benzene rings is 1. The number of alkyl halides is 1. The van der Waals surface area contributed by atoms with Gasteiger partial charge in [-0.15, -0.1) is 0 Å². The van der Waals surface area contributed by atoms with Gasteiger partial charge in [0.25, 0.3) is 5.56 Å². The maximum Gasteiger partial charge on any atom is 0.459 e. The van der Waals surface area contributed by atoms with Gasteiger partial charge in [0.15, 0.2) is 11.9 Å². The Kier molecular flexibility index (Phi) is 8.70. The first kappa shape index (κ1) is 31.1. The van der Waals surface area contributed by atoms with Crippen molar-refractivity contribution in [2.75, 3.05) is 6.61 Å². The average Bonchev–Trinajstić information content (AvgIpc) is 3.41. The van der Waals surface area contributed by atoms with Crippen molar-refractivity contribution >= 4 is 24.7 Å². The molecular weight excluding hydrogens is 588 g/mol. The summed E-state index contributed by atoms with van der Waals surface area (Å²) in [5.41, 5.74) is -2.43. The molecule has 5 rings (SSSR count). The second kappa shape index (κ2) is 12.0. The van der Waals surface area contributed by atoms with Crippen LogP contribution in [0.1, 0.15) is 58.1 Å². The van der Waals surface area contributed by atoms with Crippen LogP contribution in [0.5, 0.6) is 5.75 Å². The number of furan rings is 1. The molecule has 0 radical (unpaired) electrons. The number of aliphatic hydroxyl groups excluding tert-OH is 1. The van der Waals surface area contributed by atoms with Crippen LogP contribution in [0.2, 0.25) is 0 Å². The topological polar surface area (TPSA) is 171 Å². The Hall–Kier alpha value is -3.29. The molecule has 15 heteroatoms. The van der Waals surface area contributed by atoms with E-state index < -0.39 is 67.8 Å².